The van der Waals surface area contributed by atoms with Crippen molar-refractivity contribution >= 4 is 45.7 Å². The van der Waals surface area contributed by atoms with Crippen molar-refractivity contribution in [3.8, 4) is 0 Å². The topological polar surface area (TPSA) is 84.0 Å². The van der Waals surface area contributed by atoms with E-state index in [1.807, 2.05) is 19.9 Å². The number of anilines is 2. The first-order valence-electron chi connectivity index (χ1n) is 8.94. The molecular formula is C20H17F3N4O2S2. The Bertz CT molecular complexity index is 1100. The van der Waals surface area contributed by atoms with Gasteiger partial charge in [0.05, 0.1) is 11.3 Å². The predicted octanol–water partition coefficient (Wildman–Crippen LogP) is 5.16. The monoisotopic (exact) mass is 466 g/mol. The predicted molar refractivity (Wildman–Crippen MR) is 115 cm³/mol. The largest absolute Gasteiger partial charge is 0.416 e. The molecule has 0 aliphatic carbocycles. The molecule has 162 valence electrons. The number of carbonyl (C=O) groups excluding carboxylic acids is 2. The van der Waals surface area contributed by atoms with E-state index >= 15 is 0 Å². The average Bonchev–Trinajstić information content (AvgIpc) is 3.15. The molecule has 3 aromatic rings. The first-order valence-corrected chi connectivity index (χ1v) is 10.7. The Labute approximate surface area is 184 Å². The molecular weight excluding hydrogens is 449 g/mol. The molecule has 0 bridgehead atoms. The number of rotatable bonds is 6. The highest BCUT2D eigenvalue weighted by Gasteiger charge is 2.30. The summed E-state index contributed by atoms with van der Waals surface area (Å²) >= 11 is 2.22. The van der Waals surface area contributed by atoms with Gasteiger partial charge in [0.15, 0.2) is 4.34 Å². The summed E-state index contributed by atoms with van der Waals surface area (Å²) in [5.41, 5.74) is 2.06. The van der Waals surface area contributed by atoms with Crippen LogP contribution in [0.2, 0.25) is 0 Å². The summed E-state index contributed by atoms with van der Waals surface area (Å²) in [5, 5.41) is 13.3. The van der Waals surface area contributed by atoms with E-state index in [-0.39, 0.29) is 17.3 Å². The van der Waals surface area contributed by atoms with Crippen molar-refractivity contribution in [2.75, 3.05) is 16.4 Å². The third-order valence-corrected chi connectivity index (χ3v) is 6.19. The number of nitrogens with zero attached hydrogens (tertiary/aromatic N) is 2. The highest BCUT2D eigenvalue weighted by Crippen LogP contribution is 2.30. The van der Waals surface area contributed by atoms with E-state index in [4.69, 9.17) is 0 Å². The second kappa shape index (κ2) is 9.48. The van der Waals surface area contributed by atoms with Crippen molar-refractivity contribution in [3.05, 3.63) is 64.7 Å². The molecule has 0 unspecified atom stereocenters. The van der Waals surface area contributed by atoms with Gasteiger partial charge >= 0.3 is 6.18 Å². The molecule has 6 nitrogen and oxygen atoms in total. The maximum absolute atomic E-state index is 12.6. The number of hydrogen-bond acceptors (Lipinski definition) is 6. The van der Waals surface area contributed by atoms with Crippen LogP contribution in [0, 0.1) is 13.8 Å². The molecule has 0 atom stereocenters. The third kappa shape index (κ3) is 6.28. The van der Waals surface area contributed by atoms with Gasteiger partial charge in [0.1, 0.15) is 0 Å². The van der Waals surface area contributed by atoms with Gasteiger partial charge in [0.25, 0.3) is 5.91 Å². The molecule has 3 rings (SSSR count). The van der Waals surface area contributed by atoms with Crippen LogP contribution in [-0.4, -0.2) is 27.8 Å². The van der Waals surface area contributed by atoms with Gasteiger partial charge in [0, 0.05) is 11.3 Å². The Morgan fingerprint density at radius 3 is 2.35 bits per heavy atom. The maximum atomic E-state index is 12.6. The lowest BCUT2D eigenvalue weighted by atomic mass is 10.1. The number of carbonyl (C=O) groups is 2. The molecule has 2 aromatic carbocycles. The summed E-state index contributed by atoms with van der Waals surface area (Å²) in [7, 11) is 0. The lowest BCUT2D eigenvalue weighted by molar-refractivity contribution is -0.137. The van der Waals surface area contributed by atoms with Gasteiger partial charge in [-0.15, -0.1) is 10.2 Å². The Morgan fingerprint density at radius 2 is 1.71 bits per heavy atom. The second-order valence-electron chi connectivity index (χ2n) is 6.54. The molecule has 0 saturated carbocycles. The summed E-state index contributed by atoms with van der Waals surface area (Å²) in [6.07, 6.45) is -4.43. The number of alkyl halides is 3. The second-order valence-corrected chi connectivity index (χ2v) is 8.74. The van der Waals surface area contributed by atoms with Crippen LogP contribution in [0.1, 0.15) is 27.0 Å². The number of thioether (sulfide) groups is 1. The van der Waals surface area contributed by atoms with Crippen LogP contribution in [0.3, 0.4) is 0 Å². The minimum absolute atomic E-state index is 0.0131. The molecule has 1 heterocycles. The zero-order valence-electron chi connectivity index (χ0n) is 16.4. The van der Waals surface area contributed by atoms with Crippen LogP contribution in [0.4, 0.5) is 24.0 Å². The molecule has 2 N–H and O–H groups in total. The van der Waals surface area contributed by atoms with Gasteiger partial charge < -0.3 is 5.32 Å². The van der Waals surface area contributed by atoms with Crippen LogP contribution in [0.5, 0.6) is 0 Å². The third-order valence-electron chi connectivity index (χ3n) is 4.22. The number of amides is 2. The first kappa shape index (κ1) is 22.8. The van der Waals surface area contributed by atoms with Crippen LogP contribution in [0.15, 0.2) is 46.8 Å². The zero-order chi connectivity index (χ0) is 22.6. The lowest BCUT2D eigenvalue weighted by Gasteiger charge is -2.08. The molecule has 11 heteroatoms. The molecule has 0 saturated heterocycles. The van der Waals surface area contributed by atoms with E-state index in [0.29, 0.717) is 15.0 Å². The first-order chi connectivity index (χ1) is 14.6. The fourth-order valence-corrected chi connectivity index (χ4v) is 3.98. The van der Waals surface area contributed by atoms with Gasteiger partial charge in [-0.05, 0) is 61.4 Å². The van der Waals surface area contributed by atoms with E-state index in [2.05, 4.69) is 20.8 Å². The maximum Gasteiger partial charge on any atom is 0.416 e. The van der Waals surface area contributed by atoms with E-state index in [0.717, 1.165) is 46.4 Å². The van der Waals surface area contributed by atoms with E-state index in [1.54, 1.807) is 12.1 Å². The summed E-state index contributed by atoms with van der Waals surface area (Å²) in [6, 6.07) is 9.55. The van der Waals surface area contributed by atoms with Crippen LogP contribution in [0.25, 0.3) is 0 Å². The SMILES string of the molecule is Cc1ccc(C(=O)Nc2nnc(SCC(=O)Nc3ccc(C(F)(F)F)cc3)s2)cc1C. The molecule has 1 aromatic heterocycles. The van der Waals surface area contributed by atoms with Gasteiger partial charge in [-0.3, -0.25) is 14.9 Å². The number of benzene rings is 2. The van der Waals surface area contributed by atoms with Crippen molar-refractivity contribution in [2.45, 2.75) is 24.4 Å². The fourth-order valence-electron chi connectivity index (χ4n) is 2.44. The molecule has 0 fully saturated rings. The quantitative estimate of drug-likeness (QED) is 0.387. The van der Waals surface area contributed by atoms with Crippen LogP contribution < -0.4 is 10.6 Å². The van der Waals surface area contributed by atoms with E-state index < -0.39 is 17.6 Å². The van der Waals surface area contributed by atoms with Crippen molar-refractivity contribution in [1.29, 1.82) is 0 Å². The minimum Gasteiger partial charge on any atom is -0.325 e. The number of aromatic nitrogens is 2. The summed E-state index contributed by atoms with van der Waals surface area (Å²) < 4.78 is 38.2. The Kier molecular flexibility index (Phi) is 6.96. The molecule has 0 aliphatic heterocycles. The van der Waals surface area contributed by atoms with Crippen molar-refractivity contribution in [2.24, 2.45) is 0 Å². The molecule has 0 spiro atoms. The number of hydrogen-bond donors (Lipinski definition) is 2. The normalized spacial score (nSPS) is 11.3. The van der Waals surface area contributed by atoms with Gasteiger partial charge in [-0.2, -0.15) is 13.2 Å². The van der Waals surface area contributed by atoms with Gasteiger partial charge in [-0.1, -0.05) is 29.2 Å². The fraction of sp³-hybridized carbons (Fsp3) is 0.200. The summed E-state index contributed by atoms with van der Waals surface area (Å²) in [5.74, 6) is -0.725. The van der Waals surface area contributed by atoms with Crippen molar-refractivity contribution in [1.82, 2.24) is 10.2 Å². The smallest absolute Gasteiger partial charge is 0.325 e. The van der Waals surface area contributed by atoms with Crippen molar-refractivity contribution in [3.63, 3.8) is 0 Å². The highest BCUT2D eigenvalue weighted by molar-refractivity contribution is 8.01. The Hall–Kier alpha value is -2.92. The summed E-state index contributed by atoms with van der Waals surface area (Å²) in [6.45, 7) is 3.88. The van der Waals surface area contributed by atoms with Crippen LogP contribution in [-0.2, 0) is 11.0 Å². The minimum atomic E-state index is -4.43. The molecule has 31 heavy (non-hydrogen) atoms. The number of halogens is 3. The standard InChI is InChI=1S/C20H17F3N4O2S2/c1-11-3-4-13(9-12(11)2)17(29)25-18-26-27-19(31-18)30-10-16(28)24-15-7-5-14(6-8-15)20(21,22)23/h3-9H,10H2,1-2H3,(H,24,28)(H,25,26,29). The van der Waals surface area contributed by atoms with Gasteiger partial charge in [-0.25, -0.2) is 0 Å². The van der Waals surface area contributed by atoms with E-state index in [1.165, 1.54) is 12.1 Å². The Balaban J connectivity index is 1.51. The lowest BCUT2D eigenvalue weighted by Crippen LogP contribution is -2.14. The highest BCUT2D eigenvalue weighted by atomic mass is 32.2. The number of nitrogens with one attached hydrogen (secondary N) is 2. The summed E-state index contributed by atoms with van der Waals surface area (Å²) in [4.78, 5) is 24.4. The van der Waals surface area contributed by atoms with Crippen LogP contribution >= 0.6 is 23.1 Å². The zero-order valence-corrected chi connectivity index (χ0v) is 18.0. The molecule has 0 radical (unpaired) electrons. The van der Waals surface area contributed by atoms with E-state index in [9.17, 15) is 22.8 Å². The molecule has 2 amide bonds. The van der Waals surface area contributed by atoms with Crippen molar-refractivity contribution < 1.29 is 22.8 Å². The Morgan fingerprint density at radius 1 is 1.00 bits per heavy atom. The number of aryl methyl sites for hydroxylation is 2. The molecule has 0 aliphatic rings. The van der Waals surface area contributed by atoms with Gasteiger partial charge in [0.2, 0.25) is 11.0 Å². The average molecular weight is 467 g/mol.